The summed E-state index contributed by atoms with van der Waals surface area (Å²) in [5.74, 6) is 0. The van der Waals surface area contributed by atoms with Crippen LogP contribution < -0.4 is 104 Å². The van der Waals surface area contributed by atoms with Gasteiger partial charge in [-0.1, -0.05) is 0 Å². The predicted octanol–water partition coefficient (Wildman–Crippen LogP) is -11.8. The Kier molecular flexibility index (Phi) is 22.3. The molecule has 0 aromatic heterocycles. The molecular weight excluding hydrogens is 208 g/mol. The Morgan fingerprint density at radius 3 is 1.45 bits per heavy atom. The van der Waals surface area contributed by atoms with E-state index in [2.05, 4.69) is 4.52 Å². The monoisotopic (exact) mass is 208 g/mol. The van der Waals surface area contributed by atoms with E-state index in [1.54, 1.807) is 0 Å². The Morgan fingerprint density at radius 1 is 1.18 bits per heavy atom. The van der Waals surface area contributed by atoms with E-state index in [1.165, 1.54) is 0 Å². The first kappa shape index (κ1) is 23.3. The molecule has 0 aliphatic heterocycles. The van der Waals surface area contributed by atoms with Gasteiger partial charge in [-0.2, -0.15) is 0 Å². The number of hydrogen-bond donors (Lipinski definition) is 0. The molecule has 0 N–H and O–H groups in total. The van der Waals surface area contributed by atoms with Gasteiger partial charge in [0.15, 0.2) is 0 Å². The zero-order chi connectivity index (χ0) is 6.78. The largest absolute Gasteiger partial charge is 1.00 e. The minimum absolute atomic E-state index is 0. The van der Waals surface area contributed by atoms with Gasteiger partial charge in [0.05, 0.1) is 0 Å². The van der Waals surface area contributed by atoms with Crippen molar-refractivity contribution >= 4 is 14.0 Å². The third-order valence-corrected chi connectivity index (χ3v) is 0.559. The van der Waals surface area contributed by atoms with Crippen LogP contribution in [-0.2, 0) is 9.09 Å². The molecule has 6 nitrogen and oxygen atoms in total. The Hall–Kier alpha value is 2.42. The molecular formula is CNa3O6P. The van der Waals surface area contributed by atoms with Crippen molar-refractivity contribution in [1.82, 2.24) is 0 Å². The summed E-state index contributed by atoms with van der Waals surface area (Å²) in [4.78, 5) is 27.7. The molecule has 0 atom stereocenters. The minimum Gasteiger partial charge on any atom is -0.795 e. The first-order valence-corrected chi connectivity index (χ1v) is 2.80. The molecule has 0 aliphatic rings. The normalized spacial score (nSPS) is 7.82. The number of phosphoric acid groups is 1. The van der Waals surface area contributed by atoms with Crippen molar-refractivity contribution in [2.45, 2.75) is 0 Å². The zero-order valence-corrected chi connectivity index (χ0v) is 13.3. The fourth-order valence-electron chi connectivity index (χ4n) is 0.0913. The maximum atomic E-state index is 9.27. The van der Waals surface area contributed by atoms with Crippen molar-refractivity contribution in [2.24, 2.45) is 0 Å². The summed E-state index contributed by atoms with van der Waals surface area (Å²) in [6.45, 7) is 0. The quantitative estimate of drug-likeness (QED) is 0.312. The van der Waals surface area contributed by atoms with Gasteiger partial charge >= 0.3 is 88.7 Å². The number of rotatable bonds is 1. The van der Waals surface area contributed by atoms with Crippen LogP contribution in [0.3, 0.4) is 0 Å². The summed E-state index contributed by atoms with van der Waals surface area (Å²) < 4.78 is 12.0. The van der Waals surface area contributed by atoms with Crippen LogP contribution >= 0.6 is 7.82 Å². The van der Waals surface area contributed by atoms with Crippen molar-refractivity contribution in [3.05, 3.63) is 0 Å². The number of phosphoric ester groups is 1. The molecule has 0 bridgehead atoms. The van der Waals surface area contributed by atoms with Gasteiger partial charge in [-0.25, -0.2) is 0 Å². The van der Waals surface area contributed by atoms with E-state index in [4.69, 9.17) is 9.90 Å². The first-order chi connectivity index (χ1) is 3.42. The average Bonchev–Trinajstić information content (AvgIpc) is 1.21. The van der Waals surface area contributed by atoms with Gasteiger partial charge in [-0.05, 0) is 0 Å². The molecule has 0 saturated carbocycles. The Labute approximate surface area is 129 Å². The van der Waals surface area contributed by atoms with Crippen molar-refractivity contribution in [1.29, 1.82) is 0 Å². The maximum absolute atomic E-state index is 9.27. The fourth-order valence-corrected chi connectivity index (χ4v) is 0.274. The molecule has 0 aliphatic carbocycles. The van der Waals surface area contributed by atoms with Crippen LogP contribution in [0.4, 0.5) is 4.79 Å². The molecule has 11 heavy (non-hydrogen) atoms. The molecule has 0 aromatic rings. The molecule has 48 valence electrons. The second kappa shape index (κ2) is 10.5. The second-order valence-corrected chi connectivity index (χ2v) is 1.87. The molecule has 0 radical (unpaired) electrons. The molecule has 0 fully saturated rings. The van der Waals surface area contributed by atoms with E-state index >= 15 is 0 Å². The third-order valence-electron chi connectivity index (χ3n) is 0.186. The molecule has 0 unspecified atom stereocenters. The molecule has 0 amide bonds. The Balaban J connectivity index is -0.0000000817. The molecule has 0 heterocycles. The maximum Gasteiger partial charge on any atom is 1.00 e. The summed E-state index contributed by atoms with van der Waals surface area (Å²) in [5.41, 5.74) is 0. The van der Waals surface area contributed by atoms with E-state index in [0.29, 0.717) is 0 Å². The summed E-state index contributed by atoms with van der Waals surface area (Å²) >= 11 is 0. The number of carbonyl (C=O) groups is 1. The average molecular weight is 208 g/mol. The van der Waals surface area contributed by atoms with Crippen LogP contribution in [0.5, 0.6) is 0 Å². The zero-order valence-electron chi connectivity index (χ0n) is 6.40. The minimum atomic E-state index is -5.38. The third kappa shape index (κ3) is 24.5. The van der Waals surface area contributed by atoms with Crippen LogP contribution in [0.15, 0.2) is 0 Å². The molecule has 0 saturated heterocycles. The van der Waals surface area contributed by atoms with Crippen molar-refractivity contribution in [3.63, 3.8) is 0 Å². The number of carboxylic acid groups (broad SMARTS) is 1. The van der Waals surface area contributed by atoms with E-state index in [1.807, 2.05) is 0 Å². The fraction of sp³-hybridized carbons (Fsp3) is 0. The van der Waals surface area contributed by atoms with Crippen molar-refractivity contribution in [2.75, 3.05) is 0 Å². The number of carbonyl (C=O) groups excluding carboxylic acids is 1. The second-order valence-electron chi connectivity index (χ2n) is 0.789. The van der Waals surface area contributed by atoms with Gasteiger partial charge in [0.2, 0.25) is 0 Å². The van der Waals surface area contributed by atoms with Crippen molar-refractivity contribution in [3.8, 4) is 0 Å². The van der Waals surface area contributed by atoms with Gasteiger partial charge in [-0.3, -0.25) is 0 Å². The molecule has 0 rings (SSSR count). The molecule has 10 heteroatoms. The van der Waals surface area contributed by atoms with Gasteiger partial charge in [0, 0.05) is 7.82 Å². The SMILES string of the molecule is O=C([O-])OP(=O)([O-])[O-].[Na+].[Na+].[Na+]. The van der Waals surface area contributed by atoms with Crippen LogP contribution in [-0.4, -0.2) is 6.16 Å². The van der Waals surface area contributed by atoms with E-state index in [9.17, 15) is 14.4 Å². The molecule has 0 spiro atoms. The summed E-state index contributed by atoms with van der Waals surface area (Å²) in [7, 11) is -5.38. The topological polar surface area (TPSA) is 113 Å². The van der Waals surface area contributed by atoms with E-state index in [-0.39, 0.29) is 88.7 Å². The summed E-state index contributed by atoms with van der Waals surface area (Å²) in [5, 5.41) is 9.11. The Bertz CT molecular complexity index is 141. The van der Waals surface area contributed by atoms with E-state index in [0.717, 1.165) is 0 Å². The van der Waals surface area contributed by atoms with Gasteiger partial charge in [0.25, 0.3) is 6.16 Å². The van der Waals surface area contributed by atoms with Gasteiger partial charge < -0.3 is 28.8 Å². The van der Waals surface area contributed by atoms with Gasteiger partial charge in [-0.15, -0.1) is 0 Å². The van der Waals surface area contributed by atoms with Crippen LogP contribution in [0.1, 0.15) is 0 Å². The Morgan fingerprint density at radius 2 is 1.45 bits per heavy atom. The summed E-state index contributed by atoms with van der Waals surface area (Å²) in [6.07, 6.45) is -2.36. The standard InChI is InChI=1S/CH3O6P.3Na/c2-1(3)7-8(4,5)6;;;/h(H,2,3)(H2,4,5,6);;;/q;3*+1/p-3. The number of hydrogen-bond acceptors (Lipinski definition) is 6. The smallest absolute Gasteiger partial charge is 0.795 e. The first-order valence-electron chi connectivity index (χ1n) is 1.34. The predicted molar refractivity (Wildman–Crippen MR) is 14.1 cm³/mol. The van der Waals surface area contributed by atoms with Gasteiger partial charge in [0.1, 0.15) is 0 Å². The summed E-state index contributed by atoms with van der Waals surface area (Å²) in [6, 6.07) is 0. The van der Waals surface area contributed by atoms with Crippen LogP contribution in [0.2, 0.25) is 0 Å². The van der Waals surface area contributed by atoms with Crippen molar-refractivity contribution < 1.29 is 117 Å². The van der Waals surface area contributed by atoms with E-state index < -0.39 is 14.0 Å². The van der Waals surface area contributed by atoms with Crippen LogP contribution in [0.25, 0.3) is 0 Å². The van der Waals surface area contributed by atoms with Crippen LogP contribution in [0, 0.1) is 0 Å². The molecule has 0 aromatic carbocycles.